The van der Waals surface area contributed by atoms with E-state index in [2.05, 4.69) is 20.6 Å². The van der Waals surface area contributed by atoms with Gasteiger partial charge in [-0.25, -0.2) is 9.67 Å². The first-order valence-electron chi connectivity index (χ1n) is 12.3. The summed E-state index contributed by atoms with van der Waals surface area (Å²) in [6, 6.07) is -1.34. The summed E-state index contributed by atoms with van der Waals surface area (Å²) in [7, 11) is 0. The maximum Gasteiger partial charge on any atom is 0.248 e. The summed E-state index contributed by atoms with van der Waals surface area (Å²) >= 11 is 1.55. The number of nitrogens with zero attached hydrogens (tertiary/aromatic N) is 5. The van der Waals surface area contributed by atoms with E-state index in [4.69, 9.17) is 0 Å². The van der Waals surface area contributed by atoms with Crippen LogP contribution in [0.3, 0.4) is 0 Å². The molecule has 2 N–H and O–H groups in total. The molecule has 2 aromatic rings. The highest BCUT2D eigenvalue weighted by Crippen LogP contribution is 2.42. The van der Waals surface area contributed by atoms with E-state index in [0.717, 1.165) is 49.2 Å². The molecule has 2 aliphatic carbocycles. The van der Waals surface area contributed by atoms with Gasteiger partial charge in [0, 0.05) is 36.7 Å². The fraction of sp³-hybridized carbons (Fsp3) is 0.708. The van der Waals surface area contributed by atoms with Crippen molar-refractivity contribution in [2.45, 2.75) is 95.4 Å². The number of likely N-dealkylation sites (tertiary alicyclic amines) is 1. The number of β-amino-alcohol motifs (C(OH)–C–C–N with tert-alkyl or cyclic N) is 1. The fourth-order valence-electron chi connectivity index (χ4n) is 5.48. The topological polar surface area (TPSA) is 113 Å². The summed E-state index contributed by atoms with van der Waals surface area (Å²) in [5.74, 6) is 0.0168. The van der Waals surface area contributed by atoms with Gasteiger partial charge in [0.1, 0.15) is 17.1 Å². The molecule has 3 aliphatic rings. The van der Waals surface area contributed by atoms with E-state index in [-0.39, 0.29) is 24.8 Å². The maximum absolute atomic E-state index is 13.9. The van der Waals surface area contributed by atoms with E-state index in [0.29, 0.717) is 5.92 Å². The molecule has 3 atom stereocenters. The molecule has 2 saturated carbocycles. The minimum absolute atomic E-state index is 0.137. The molecular formula is C24H34N6O3S. The number of hydrogen-bond acceptors (Lipinski definition) is 7. The maximum atomic E-state index is 13.9. The third-order valence-corrected chi connectivity index (χ3v) is 8.35. The van der Waals surface area contributed by atoms with Crippen molar-refractivity contribution in [2.75, 3.05) is 6.54 Å². The molecule has 10 heteroatoms. The number of aliphatic hydroxyl groups is 1. The van der Waals surface area contributed by atoms with Crippen LogP contribution in [0.2, 0.25) is 0 Å². The van der Waals surface area contributed by atoms with E-state index in [1.807, 2.05) is 32.3 Å². The van der Waals surface area contributed by atoms with Gasteiger partial charge >= 0.3 is 0 Å². The lowest BCUT2D eigenvalue weighted by Crippen LogP contribution is -2.54. The first kappa shape index (κ1) is 23.4. The van der Waals surface area contributed by atoms with Crippen molar-refractivity contribution in [3.8, 4) is 0 Å². The van der Waals surface area contributed by atoms with Crippen LogP contribution in [0.4, 0.5) is 0 Å². The van der Waals surface area contributed by atoms with Gasteiger partial charge < -0.3 is 15.3 Å². The van der Waals surface area contributed by atoms with E-state index >= 15 is 0 Å². The smallest absolute Gasteiger partial charge is 0.248 e. The summed E-state index contributed by atoms with van der Waals surface area (Å²) < 4.78 is 1.66. The van der Waals surface area contributed by atoms with E-state index < -0.39 is 29.1 Å². The van der Waals surface area contributed by atoms with Crippen LogP contribution in [-0.2, 0) is 15.1 Å². The molecule has 2 unspecified atom stereocenters. The molecule has 0 aromatic carbocycles. The number of carbonyl (C=O) groups excluding carboxylic acids is 2. The Bertz CT molecular complexity index is 1040. The number of rotatable bonds is 6. The normalized spacial score (nSPS) is 25.5. The van der Waals surface area contributed by atoms with Crippen LogP contribution < -0.4 is 5.32 Å². The minimum Gasteiger partial charge on any atom is -0.391 e. The van der Waals surface area contributed by atoms with Crippen molar-refractivity contribution in [3.05, 3.63) is 28.5 Å². The molecule has 3 fully saturated rings. The predicted octanol–water partition coefficient (Wildman–Crippen LogP) is 2.75. The zero-order valence-corrected chi connectivity index (χ0v) is 20.9. The number of amides is 2. The first-order valence-corrected chi connectivity index (χ1v) is 13.2. The van der Waals surface area contributed by atoms with Gasteiger partial charge in [0.2, 0.25) is 11.8 Å². The molecule has 1 aliphatic heterocycles. The average molecular weight is 487 g/mol. The second-order valence-electron chi connectivity index (χ2n) is 11.2. The molecular weight excluding hydrogens is 452 g/mol. The van der Waals surface area contributed by atoms with Crippen molar-refractivity contribution in [2.24, 2.45) is 5.41 Å². The quantitative estimate of drug-likeness (QED) is 0.649. The largest absolute Gasteiger partial charge is 0.391 e. The zero-order valence-electron chi connectivity index (χ0n) is 20.1. The van der Waals surface area contributed by atoms with Crippen LogP contribution in [0.1, 0.15) is 88.4 Å². The molecule has 184 valence electrons. The van der Waals surface area contributed by atoms with Crippen LogP contribution >= 0.6 is 11.3 Å². The van der Waals surface area contributed by atoms with Gasteiger partial charge in [0.25, 0.3) is 0 Å². The van der Waals surface area contributed by atoms with Crippen LogP contribution in [0, 0.1) is 5.41 Å². The van der Waals surface area contributed by atoms with Crippen molar-refractivity contribution >= 4 is 23.2 Å². The van der Waals surface area contributed by atoms with Crippen molar-refractivity contribution < 1.29 is 14.7 Å². The third-order valence-electron chi connectivity index (χ3n) is 7.37. The second-order valence-corrected chi connectivity index (χ2v) is 12.1. The number of carbonyl (C=O) groups is 2. The monoisotopic (exact) mass is 486 g/mol. The Balaban J connectivity index is 1.39. The highest BCUT2D eigenvalue weighted by atomic mass is 32.1. The van der Waals surface area contributed by atoms with Crippen LogP contribution in [-0.4, -0.2) is 60.5 Å². The molecule has 3 heterocycles. The Morgan fingerprint density at radius 1 is 1.26 bits per heavy atom. The van der Waals surface area contributed by atoms with Crippen LogP contribution in [0.25, 0.3) is 0 Å². The lowest BCUT2D eigenvalue weighted by Gasteiger charge is -2.36. The first-order chi connectivity index (χ1) is 16.2. The molecule has 2 aromatic heterocycles. The van der Waals surface area contributed by atoms with Gasteiger partial charge in [-0.05, 0) is 31.1 Å². The number of thiazole rings is 1. The predicted molar refractivity (Wildman–Crippen MR) is 127 cm³/mol. The number of nitrogens with one attached hydrogen (secondary N) is 1. The molecule has 0 radical (unpaired) electrons. The summed E-state index contributed by atoms with van der Waals surface area (Å²) in [5.41, 5.74) is -0.0140. The highest BCUT2D eigenvalue weighted by molar-refractivity contribution is 7.09. The standard InChI is InChI=1S/C24H34N6O3S/c1-23(2,3)19(30-14-17(27-28-30)15-6-7-15)21(33)29-13-16(31)12-18(29)20(32)26-24(8-4-5-9-24)22-25-10-11-34-22/h10-11,14-16,18-19,31H,4-9,12-13H2,1-3H3,(H,26,32)/t16?,18?,19-/m1/s1. The zero-order chi connectivity index (χ0) is 24.1. The summed E-state index contributed by atoms with van der Waals surface area (Å²) in [5, 5.41) is 25.2. The highest BCUT2D eigenvalue weighted by Gasteiger charge is 2.48. The molecule has 5 rings (SSSR count). The van der Waals surface area contributed by atoms with Crippen LogP contribution in [0.5, 0.6) is 0 Å². The summed E-state index contributed by atoms with van der Waals surface area (Å²) in [6.45, 7) is 6.11. The van der Waals surface area contributed by atoms with E-state index in [1.165, 1.54) is 0 Å². The Morgan fingerprint density at radius 3 is 2.62 bits per heavy atom. The van der Waals surface area contributed by atoms with Crippen molar-refractivity contribution in [1.29, 1.82) is 0 Å². The Morgan fingerprint density at radius 2 is 2.00 bits per heavy atom. The molecule has 2 amide bonds. The molecule has 1 saturated heterocycles. The molecule has 0 bridgehead atoms. The number of hydrogen-bond donors (Lipinski definition) is 2. The Labute approximate surface area is 203 Å². The van der Waals surface area contributed by atoms with Crippen molar-refractivity contribution in [3.63, 3.8) is 0 Å². The number of aliphatic hydroxyl groups excluding tert-OH is 1. The van der Waals surface area contributed by atoms with Gasteiger partial charge in [-0.3, -0.25) is 9.59 Å². The summed E-state index contributed by atoms with van der Waals surface area (Å²) in [4.78, 5) is 33.6. The third kappa shape index (κ3) is 4.37. The van der Waals surface area contributed by atoms with E-state index in [1.54, 1.807) is 27.1 Å². The molecule has 0 spiro atoms. The van der Waals surface area contributed by atoms with E-state index in [9.17, 15) is 14.7 Å². The molecule has 9 nitrogen and oxygen atoms in total. The second kappa shape index (κ2) is 8.71. The minimum atomic E-state index is -0.738. The average Bonchev–Trinajstić information content (AvgIpc) is 3.24. The summed E-state index contributed by atoms with van der Waals surface area (Å²) in [6.07, 6.45) is 9.07. The van der Waals surface area contributed by atoms with Gasteiger partial charge in [-0.15, -0.1) is 16.4 Å². The Kier molecular flexibility index (Phi) is 6.00. The molecule has 34 heavy (non-hydrogen) atoms. The van der Waals surface area contributed by atoms with Crippen molar-refractivity contribution in [1.82, 2.24) is 30.2 Å². The fourth-order valence-corrected chi connectivity index (χ4v) is 6.33. The van der Waals surface area contributed by atoms with Gasteiger partial charge in [0.05, 0.1) is 17.3 Å². The lowest BCUT2D eigenvalue weighted by molar-refractivity contribution is -0.144. The number of aromatic nitrogens is 4. The SMILES string of the molecule is CC(C)(C)[C@@H](C(=O)N1CC(O)CC1C(=O)NC1(c2nccs2)CCCC1)n1cc(C2CC2)nn1. The van der Waals surface area contributed by atoms with Gasteiger partial charge in [-0.2, -0.15) is 0 Å². The Hall–Kier alpha value is -2.33. The van der Waals surface area contributed by atoms with Gasteiger partial charge in [-0.1, -0.05) is 38.8 Å². The van der Waals surface area contributed by atoms with Gasteiger partial charge in [0.15, 0.2) is 0 Å². The lowest BCUT2D eigenvalue weighted by atomic mass is 9.85. The van der Waals surface area contributed by atoms with Crippen LogP contribution in [0.15, 0.2) is 17.8 Å².